The van der Waals surface area contributed by atoms with Gasteiger partial charge in [0.05, 0.1) is 23.7 Å². The molecule has 0 spiro atoms. The summed E-state index contributed by atoms with van der Waals surface area (Å²) in [4.78, 5) is 51.8. The van der Waals surface area contributed by atoms with Gasteiger partial charge in [0.25, 0.3) is 20.2 Å². The van der Waals surface area contributed by atoms with Crippen LogP contribution >= 0.6 is 0 Å². The van der Waals surface area contributed by atoms with E-state index in [0.717, 1.165) is 103 Å². The van der Waals surface area contributed by atoms with Gasteiger partial charge in [-0.15, -0.1) is 0 Å². The lowest BCUT2D eigenvalue weighted by Crippen LogP contribution is -2.59. The molecule has 0 aliphatic heterocycles. The number of aliphatic hydroxyl groups is 2. The number of fused-ring (bicyclic) bond motifs is 10. The zero-order chi connectivity index (χ0) is 54.5. The molecule has 8 fully saturated rings. The summed E-state index contributed by atoms with van der Waals surface area (Å²) in [6.07, 6.45) is 18.2. The van der Waals surface area contributed by atoms with E-state index in [1.54, 1.807) is 0 Å². The molecule has 8 rings (SSSR count). The van der Waals surface area contributed by atoms with Crippen molar-refractivity contribution in [2.24, 2.45) is 92.7 Å². The molecule has 0 aromatic rings. The van der Waals surface area contributed by atoms with Crippen LogP contribution in [0.4, 0.5) is 0 Å². The van der Waals surface area contributed by atoms with Crippen molar-refractivity contribution in [3.8, 4) is 0 Å². The van der Waals surface area contributed by atoms with Crippen LogP contribution in [-0.4, -0.2) is 109 Å². The average Bonchev–Trinajstić information content (AvgIpc) is 3.87. The maximum Gasteiger partial charge on any atom is 0.266 e. The van der Waals surface area contributed by atoms with Crippen molar-refractivity contribution in [1.29, 1.82) is 0 Å². The molecule has 16 nitrogen and oxygen atoms in total. The molecule has 428 valence electrons. The highest BCUT2D eigenvalue weighted by Crippen LogP contribution is 2.70. The Labute approximate surface area is 449 Å². The molecule has 0 radical (unpaired) electrons. The summed E-state index contributed by atoms with van der Waals surface area (Å²) in [5.74, 6) is 2.96. The molecular formula is C57H96N4O12S2. The quantitative estimate of drug-likeness (QED) is 0.0562. The zero-order valence-corrected chi connectivity index (χ0v) is 47.8. The Balaban J connectivity index is 0.748. The number of amides is 4. The average molecular weight is 1090 g/mol. The van der Waals surface area contributed by atoms with Crippen LogP contribution in [0.25, 0.3) is 0 Å². The van der Waals surface area contributed by atoms with E-state index in [2.05, 4.69) is 62.8 Å². The Hall–Kier alpha value is -2.38. The van der Waals surface area contributed by atoms with Gasteiger partial charge in [-0.05, 0) is 215 Å². The standard InChI is InChI=1S/C57H96N4O12S2/c1-34(10-16-48(64)58-26-28-74(68,69)70)40-12-14-42-52-44(20-24-56(40,42)5)54(3)22-18-38(30-36(54)32-46(52)62)60-50(66)8-7-9-51(67)61-39-19-23-55(4)37(31-39)33-47(63)53-43-15-13-41(57(43,6)25-21-45(53)55)35(2)11-17-49(65)59-27-29-75(71,72)73/h34-47,52-53,62-63H,7-33H2,1-6H3,(H,58,64)(H,59,65)(H,60,66)(H,61,67)(H,68,69,70)(H,71,72,73)/t34-,35-,36?,37?,38-,39-,40-,41-,42+,43+,44+,45+,46+,47+,52+,53+,54+,55+,56-,57-/m1/s1. The number of hydrogen-bond acceptors (Lipinski definition) is 10. The van der Waals surface area contributed by atoms with Crippen LogP contribution in [0.5, 0.6) is 0 Å². The van der Waals surface area contributed by atoms with Crippen molar-refractivity contribution in [3.63, 3.8) is 0 Å². The second-order valence-electron chi connectivity index (χ2n) is 27.3. The fourth-order valence-electron chi connectivity index (χ4n) is 19.6. The molecule has 2 unspecified atom stereocenters. The Morgan fingerprint density at radius 3 is 1.23 bits per heavy atom. The molecule has 0 saturated heterocycles. The van der Waals surface area contributed by atoms with E-state index in [-0.39, 0.29) is 94.5 Å². The summed E-state index contributed by atoms with van der Waals surface area (Å²) in [5.41, 5.74) is 0.377. The molecular weight excluding hydrogens is 997 g/mol. The molecule has 0 aromatic carbocycles. The van der Waals surface area contributed by atoms with Crippen LogP contribution in [0.3, 0.4) is 0 Å². The molecule has 0 aromatic heterocycles. The van der Waals surface area contributed by atoms with Crippen LogP contribution < -0.4 is 21.3 Å². The second kappa shape index (κ2) is 23.0. The first-order valence-electron chi connectivity index (χ1n) is 29.5. The lowest BCUT2D eigenvalue weighted by molar-refractivity contribution is -0.167. The number of carbonyl (C=O) groups excluding carboxylic acids is 4. The SMILES string of the molecule is C[C@H](CCC(=O)NCCS(=O)(=O)O)[C@H]1CC[C@H]2[C@@H]3[C@@H](O)CC4C[C@H](NC(=O)CCCC(=O)N[C@@H]5CC[C@@]6(C)C(C5)C[C@H](O)[C@H]5[C@@H]7CC[C@H]([C@H](C)CCC(=O)NCCS(=O)(=O)O)[C@@]7(C)CC[C@@H]56)CC[C@]4(C)[C@H]3CC[C@]12C. The van der Waals surface area contributed by atoms with E-state index in [4.69, 9.17) is 9.11 Å². The van der Waals surface area contributed by atoms with Gasteiger partial charge in [-0.25, -0.2) is 0 Å². The normalized spacial score (nSPS) is 42.0. The van der Waals surface area contributed by atoms with Crippen molar-refractivity contribution < 1.29 is 55.3 Å². The summed E-state index contributed by atoms with van der Waals surface area (Å²) >= 11 is 0. The maximum atomic E-state index is 13.4. The third kappa shape index (κ3) is 12.7. The van der Waals surface area contributed by atoms with Gasteiger partial charge in [0.2, 0.25) is 23.6 Å². The summed E-state index contributed by atoms with van der Waals surface area (Å²) in [5, 5.41) is 35.9. The van der Waals surface area contributed by atoms with Crippen LogP contribution in [0, 0.1) is 92.7 Å². The number of nitrogens with one attached hydrogen (secondary N) is 4. The highest BCUT2D eigenvalue weighted by atomic mass is 32.2. The Morgan fingerprint density at radius 1 is 0.493 bits per heavy atom. The smallest absolute Gasteiger partial charge is 0.266 e. The molecule has 8 saturated carbocycles. The molecule has 4 amide bonds. The van der Waals surface area contributed by atoms with E-state index in [1.165, 1.54) is 0 Å². The van der Waals surface area contributed by atoms with Gasteiger partial charge in [0, 0.05) is 50.9 Å². The molecule has 20 atom stereocenters. The minimum atomic E-state index is -4.12. The van der Waals surface area contributed by atoms with E-state index >= 15 is 0 Å². The molecule has 8 aliphatic rings. The summed E-state index contributed by atoms with van der Waals surface area (Å²) in [7, 11) is -8.25. The highest BCUT2D eigenvalue weighted by molar-refractivity contribution is 7.86. The molecule has 0 bridgehead atoms. The van der Waals surface area contributed by atoms with Gasteiger partial charge < -0.3 is 31.5 Å². The largest absolute Gasteiger partial charge is 0.393 e. The summed E-state index contributed by atoms with van der Waals surface area (Å²) in [6.45, 7) is 14.0. The lowest BCUT2D eigenvalue weighted by atomic mass is 9.43. The number of hydrogen-bond donors (Lipinski definition) is 8. The third-order valence-corrected chi connectivity index (χ3v) is 24.9. The molecule has 18 heteroatoms. The first-order valence-corrected chi connectivity index (χ1v) is 32.8. The van der Waals surface area contributed by atoms with E-state index in [0.29, 0.717) is 104 Å². The first-order chi connectivity index (χ1) is 35.1. The Kier molecular flexibility index (Phi) is 18.0. The predicted molar refractivity (Wildman–Crippen MR) is 287 cm³/mol. The lowest BCUT2D eigenvalue weighted by Gasteiger charge is -2.62. The molecule has 75 heavy (non-hydrogen) atoms. The minimum Gasteiger partial charge on any atom is -0.393 e. The zero-order valence-electron chi connectivity index (χ0n) is 46.2. The van der Waals surface area contributed by atoms with Crippen molar-refractivity contribution in [2.45, 2.75) is 214 Å². The van der Waals surface area contributed by atoms with Gasteiger partial charge in [-0.1, -0.05) is 41.5 Å². The van der Waals surface area contributed by atoms with Crippen molar-refractivity contribution >= 4 is 43.9 Å². The molecule has 0 heterocycles. The first kappa shape index (κ1) is 58.8. The van der Waals surface area contributed by atoms with Crippen molar-refractivity contribution in [1.82, 2.24) is 21.3 Å². The summed E-state index contributed by atoms with van der Waals surface area (Å²) < 4.78 is 62.2. The van der Waals surface area contributed by atoms with Gasteiger partial charge in [0.1, 0.15) is 0 Å². The van der Waals surface area contributed by atoms with Crippen LogP contribution in [0.15, 0.2) is 0 Å². The van der Waals surface area contributed by atoms with Crippen LogP contribution in [0.1, 0.15) is 189 Å². The third-order valence-electron chi connectivity index (χ3n) is 23.4. The van der Waals surface area contributed by atoms with Gasteiger partial charge in [-0.3, -0.25) is 28.3 Å². The fraction of sp³-hybridized carbons (Fsp3) is 0.930. The van der Waals surface area contributed by atoms with E-state index in [9.17, 15) is 46.2 Å². The number of rotatable bonds is 20. The Morgan fingerprint density at radius 2 is 0.853 bits per heavy atom. The Bertz CT molecular complexity index is 2150. The van der Waals surface area contributed by atoms with Gasteiger partial charge >= 0.3 is 0 Å². The summed E-state index contributed by atoms with van der Waals surface area (Å²) in [6, 6.07) is 0.118. The number of aliphatic hydroxyl groups excluding tert-OH is 2. The van der Waals surface area contributed by atoms with Crippen LogP contribution in [-0.2, 0) is 39.4 Å². The van der Waals surface area contributed by atoms with Gasteiger partial charge in [-0.2, -0.15) is 16.8 Å². The monoisotopic (exact) mass is 1090 g/mol. The topological polar surface area (TPSA) is 266 Å². The molecule has 8 aliphatic carbocycles. The van der Waals surface area contributed by atoms with Gasteiger partial charge in [0.15, 0.2) is 0 Å². The maximum absolute atomic E-state index is 13.4. The fourth-order valence-corrected chi connectivity index (χ4v) is 20.3. The van der Waals surface area contributed by atoms with Crippen LogP contribution in [0.2, 0.25) is 0 Å². The predicted octanol–water partition coefficient (Wildman–Crippen LogP) is 7.23. The second-order valence-corrected chi connectivity index (χ2v) is 30.4. The van der Waals surface area contributed by atoms with E-state index in [1.807, 2.05) is 0 Å². The number of carbonyl (C=O) groups is 4. The molecule has 8 N–H and O–H groups in total. The minimum absolute atomic E-state index is 0.00882. The van der Waals surface area contributed by atoms with E-state index < -0.39 is 31.7 Å². The highest BCUT2D eigenvalue weighted by Gasteiger charge is 2.65. The van der Waals surface area contributed by atoms with Crippen molar-refractivity contribution in [3.05, 3.63) is 0 Å². The van der Waals surface area contributed by atoms with Crippen molar-refractivity contribution in [2.75, 3.05) is 24.6 Å².